The van der Waals surface area contributed by atoms with Crippen LogP contribution in [0.15, 0.2) is 0 Å². The number of carbonyl (C=O) groups excluding carboxylic acids is 1. The lowest BCUT2D eigenvalue weighted by atomic mass is 9.51. The first-order valence-corrected chi connectivity index (χ1v) is 5.97. The molecule has 0 saturated heterocycles. The molecular formula is C13H19NO. The molecule has 0 aromatic heterocycles. The lowest BCUT2D eigenvalue weighted by molar-refractivity contribution is -0.138. The van der Waals surface area contributed by atoms with Crippen molar-refractivity contribution in [3.8, 4) is 6.07 Å². The summed E-state index contributed by atoms with van der Waals surface area (Å²) in [6.45, 7) is 4.45. The average Bonchev–Trinajstić information content (AvgIpc) is 2.19. The number of rotatable bonds is 0. The maximum Gasteiger partial charge on any atom is 0.153 e. The highest BCUT2D eigenvalue weighted by Crippen LogP contribution is 2.55. The van der Waals surface area contributed by atoms with Gasteiger partial charge in [0.2, 0.25) is 0 Å². The van der Waals surface area contributed by atoms with Gasteiger partial charge in [-0.15, -0.1) is 0 Å². The van der Waals surface area contributed by atoms with Crippen LogP contribution < -0.4 is 0 Å². The fourth-order valence-electron chi connectivity index (χ4n) is 3.70. The van der Waals surface area contributed by atoms with Gasteiger partial charge in [0.25, 0.3) is 0 Å². The van der Waals surface area contributed by atoms with Crippen LogP contribution in [0.3, 0.4) is 0 Å². The lowest BCUT2D eigenvalue weighted by Crippen LogP contribution is -2.50. The number of hydrogen-bond acceptors (Lipinski definition) is 2. The van der Waals surface area contributed by atoms with Gasteiger partial charge in [-0.2, -0.15) is 5.26 Å². The van der Waals surface area contributed by atoms with E-state index in [1.165, 1.54) is 0 Å². The van der Waals surface area contributed by atoms with Crippen molar-refractivity contribution in [1.29, 1.82) is 5.26 Å². The zero-order valence-electron chi connectivity index (χ0n) is 9.68. The van der Waals surface area contributed by atoms with Crippen molar-refractivity contribution in [3.63, 3.8) is 0 Å². The molecule has 0 aromatic carbocycles. The molecule has 2 heteroatoms. The maximum absolute atomic E-state index is 12.0. The first-order valence-electron chi connectivity index (χ1n) is 5.97. The van der Waals surface area contributed by atoms with Gasteiger partial charge in [0.15, 0.2) is 5.78 Å². The Morgan fingerprint density at radius 1 is 1.33 bits per heavy atom. The van der Waals surface area contributed by atoms with Gasteiger partial charge in [0, 0.05) is 6.42 Å². The van der Waals surface area contributed by atoms with E-state index in [0.29, 0.717) is 12.3 Å². The van der Waals surface area contributed by atoms with E-state index in [9.17, 15) is 10.1 Å². The van der Waals surface area contributed by atoms with E-state index in [-0.39, 0.29) is 11.2 Å². The third-order valence-electron chi connectivity index (χ3n) is 4.52. The Kier molecular flexibility index (Phi) is 2.37. The summed E-state index contributed by atoms with van der Waals surface area (Å²) in [6.07, 6.45) is 5.66. The van der Waals surface area contributed by atoms with Crippen LogP contribution in [0.5, 0.6) is 0 Å². The van der Waals surface area contributed by atoms with Gasteiger partial charge in [-0.25, -0.2) is 0 Å². The van der Waals surface area contributed by atoms with E-state index < -0.39 is 5.41 Å². The van der Waals surface area contributed by atoms with E-state index in [4.69, 9.17) is 0 Å². The summed E-state index contributed by atoms with van der Waals surface area (Å²) in [7, 11) is 0. The Labute approximate surface area is 91.7 Å². The van der Waals surface area contributed by atoms with Crippen LogP contribution >= 0.6 is 0 Å². The van der Waals surface area contributed by atoms with Crippen LogP contribution in [0, 0.1) is 28.1 Å². The fourth-order valence-corrected chi connectivity index (χ4v) is 3.70. The Bertz CT molecular complexity index is 326. The summed E-state index contributed by atoms with van der Waals surface area (Å²) in [6, 6.07) is 2.38. The zero-order chi connectivity index (χ0) is 11.1. The van der Waals surface area contributed by atoms with Crippen molar-refractivity contribution in [3.05, 3.63) is 0 Å². The Morgan fingerprint density at radius 2 is 2.07 bits per heavy atom. The Morgan fingerprint density at radius 3 is 2.67 bits per heavy atom. The molecule has 2 fully saturated rings. The van der Waals surface area contributed by atoms with Crippen LogP contribution in [0.1, 0.15) is 52.4 Å². The number of nitriles is 1. The molecule has 0 aromatic rings. The van der Waals surface area contributed by atoms with Crippen LogP contribution in [0.2, 0.25) is 0 Å². The van der Waals surface area contributed by atoms with Crippen molar-refractivity contribution in [2.75, 3.05) is 0 Å². The predicted molar refractivity (Wildman–Crippen MR) is 58.0 cm³/mol. The second-order valence-corrected chi connectivity index (χ2v) is 5.79. The molecule has 2 nitrogen and oxygen atoms in total. The summed E-state index contributed by atoms with van der Waals surface area (Å²) in [4.78, 5) is 12.0. The zero-order valence-corrected chi connectivity index (χ0v) is 9.68. The summed E-state index contributed by atoms with van der Waals surface area (Å²) in [5, 5.41) is 9.41. The van der Waals surface area contributed by atoms with Gasteiger partial charge >= 0.3 is 0 Å². The third-order valence-corrected chi connectivity index (χ3v) is 4.52. The van der Waals surface area contributed by atoms with E-state index in [2.05, 4.69) is 19.9 Å². The second kappa shape index (κ2) is 3.33. The molecule has 0 spiro atoms. The number of Topliss-reactive ketones (excluding diaryl/α,β-unsaturated/α-hetero) is 1. The summed E-state index contributed by atoms with van der Waals surface area (Å²) >= 11 is 0. The van der Waals surface area contributed by atoms with Crippen molar-refractivity contribution in [2.45, 2.75) is 52.4 Å². The molecule has 0 bridgehead atoms. The van der Waals surface area contributed by atoms with Gasteiger partial charge in [0.1, 0.15) is 5.41 Å². The summed E-state index contributed by atoms with van der Waals surface area (Å²) in [5.41, 5.74) is -0.454. The Balaban J connectivity index is 2.42. The van der Waals surface area contributed by atoms with E-state index in [1.807, 2.05) is 0 Å². The van der Waals surface area contributed by atoms with E-state index in [0.717, 1.165) is 32.1 Å². The normalized spacial score (nSPS) is 39.3. The van der Waals surface area contributed by atoms with E-state index >= 15 is 0 Å². The van der Waals surface area contributed by atoms with Crippen molar-refractivity contribution in [1.82, 2.24) is 0 Å². The molecule has 2 atom stereocenters. The molecule has 15 heavy (non-hydrogen) atoms. The molecular weight excluding hydrogens is 186 g/mol. The summed E-state index contributed by atoms with van der Waals surface area (Å²) in [5.74, 6) is 0.513. The van der Waals surface area contributed by atoms with Gasteiger partial charge in [-0.3, -0.25) is 4.79 Å². The first kappa shape index (κ1) is 10.7. The van der Waals surface area contributed by atoms with Crippen LogP contribution in [0.25, 0.3) is 0 Å². The minimum atomic E-state index is -0.625. The number of nitrogens with zero attached hydrogens (tertiary/aromatic N) is 1. The maximum atomic E-state index is 12.0. The number of hydrogen-bond donors (Lipinski definition) is 0. The molecule has 2 rings (SSSR count). The highest BCUT2D eigenvalue weighted by molar-refractivity contribution is 5.88. The molecule has 0 aliphatic heterocycles. The van der Waals surface area contributed by atoms with E-state index in [1.54, 1.807) is 0 Å². The minimum Gasteiger partial charge on any atom is -0.298 e. The monoisotopic (exact) mass is 205 g/mol. The largest absolute Gasteiger partial charge is 0.298 e. The number of carbonyl (C=O) groups is 1. The molecule has 82 valence electrons. The molecule has 2 aliphatic carbocycles. The van der Waals surface area contributed by atoms with Gasteiger partial charge in [0.05, 0.1) is 6.07 Å². The van der Waals surface area contributed by atoms with Crippen molar-refractivity contribution in [2.24, 2.45) is 16.7 Å². The van der Waals surface area contributed by atoms with Crippen LogP contribution in [-0.2, 0) is 4.79 Å². The smallest absolute Gasteiger partial charge is 0.153 e. The SMILES string of the molecule is CC1(C)CCC[C@]2(C#N)C(=O)CCC[C@@H]12. The number of fused-ring (bicyclic) bond motifs is 1. The number of ketones is 1. The average molecular weight is 205 g/mol. The standard InChI is InChI=1S/C13H19NO/c1-12(2)7-4-8-13(9-14)10(12)5-3-6-11(13)15/h10H,3-8H2,1-2H3/t10-,13+/m0/s1. The van der Waals surface area contributed by atoms with Crippen LogP contribution in [-0.4, -0.2) is 5.78 Å². The molecule has 0 unspecified atom stereocenters. The van der Waals surface area contributed by atoms with Crippen molar-refractivity contribution < 1.29 is 4.79 Å². The summed E-state index contributed by atoms with van der Waals surface area (Å²) < 4.78 is 0. The van der Waals surface area contributed by atoms with Gasteiger partial charge < -0.3 is 0 Å². The molecule has 0 N–H and O–H groups in total. The lowest BCUT2D eigenvalue weighted by Gasteiger charge is -2.50. The minimum absolute atomic E-state index is 0.171. The molecule has 0 heterocycles. The highest BCUT2D eigenvalue weighted by Gasteiger charge is 2.55. The van der Waals surface area contributed by atoms with Gasteiger partial charge in [-0.05, 0) is 37.0 Å². The fraction of sp³-hybridized carbons (Fsp3) is 0.846. The Hall–Kier alpha value is -0.840. The quantitative estimate of drug-likeness (QED) is 0.609. The highest BCUT2D eigenvalue weighted by atomic mass is 16.1. The predicted octanol–water partition coefficient (Wildman–Crippen LogP) is 3.08. The van der Waals surface area contributed by atoms with Crippen molar-refractivity contribution >= 4 is 5.78 Å². The molecule has 2 aliphatic rings. The molecule has 0 amide bonds. The third kappa shape index (κ3) is 1.40. The van der Waals surface area contributed by atoms with Gasteiger partial charge in [-0.1, -0.05) is 20.3 Å². The first-order chi connectivity index (χ1) is 7.03. The molecule has 0 radical (unpaired) electrons. The second-order valence-electron chi connectivity index (χ2n) is 5.79. The topological polar surface area (TPSA) is 40.9 Å². The molecule has 2 saturated carbocycles. The van der Waals surface area contributed by atoms with Crippen LogP contribution in [0.4, 0.5) is 0 Å².